The van der Waals surface area contributed by atoms with Gasteiger partial charge in [-0.2, -0.15) is 11.3 Å². The van der Waals surface area contributed by atoms with Crippen molar-refractivity contribution in [3.63, 3.8) is 0 Å². The first-order valence-corrected chi connectivity index (χ1v) is 6.74. The fourth-order valence-corrected chi connectivity index (χ4v) is 2.90. The van der Waals surface area contributed by atoms with E-state index in [9.17, 15) is 13.2 Å². The van der Waals surface area contributed by atoms with Crippen LogP contribution in [0.4, 0.5) is 0 Å². The molecule has 15 heavy (non-hydrogen) atoms. The van der Waals surface area contributed by atoms with Crippen LogP contribution in [0.2, 0.25) is 0 Å². The van der Waals surface area contributed by atoms with Crippen LogP contribution in [0.5, 0.6) is 0 Å². The highest BCUT2D eigenvalue weighted by molar-refractivity contribution is 7.90. The second-order valence-electron chi connectivity index (χ2n) is 3.05. The minimum Gasteiger partial charge on any atom is -0.480 e. The van der Waals surface area contributed by atoms with Gasteiger partial charge < -0.3 is 5.11 Å². The molecular weight excluding hydrogens is 238 g/mol. The summed E-state index contributed by atoms with van der Waals surface area (Å²) in [5.74, 6) is -2.26. The molecule has 0 radical (unpaired) electrons. The van der Waals surface area contributed by atoms with Crippen molar-refractivity contribution < 1.29 is 18.3 Å². The summed E-state index contributed by atoms with van der Waals surface area (Å²) in [6, 6.07) is 1.39. The van der Waals surface area contributed by atoms with E-state index in [2.05, 4.69) is 4.72 Å². The van der Waals surface area contributed by atoms with Crippen LogP contribution < -0.4 is 4.72 Å². The quantitative estimate of drug-likeness (QED) is 0.809. The molecule has 0 bridgehead atoms. The highest BCUT2D eigenvalue weighted by atomic mass is 32.2. The predicted molar refractivity (Wildman–Crippen MR) is 57.3 cm³/mol. The number of sulfonamides is 1. The minimum absolute atomic E-state index is 0.402. The first-order valence-electron chi connectivity index (χ1n) is 4.14. The monoisotopic (exact) mass is 249 g/mol. The molecule has 2 N–H and O–H groups in total. The number of hydrogen-bond donors (Lipinski definition) is 2. The molecule has 0 spiro atoms. The summed E-state index contributed by atoms with van der Waals surface area (Å²) >= 11 is 1.46. The third kappa shape index (κ3) is 3.98. The lowest BCUT2D eigenvalue weighted by atomic mass is 10.2. The summed E-state index contributed by atoms with van der Waals surface area (Å²) in [5, 5.41) is 12.0. The topological polar surface area (TPSA) is 83.5 Å². The standard InChI is InChI=1S/C8H11NO4S2/c1-6(7-2-3-14-4-7)9-15(12,13)5-8(10)11/h2-4,6,9H,5H2,1H3,(H,10,11). The van der Waals surface area contributed by atoms with Crippen LogP contribution in [-0.4, -0.2) is 25.2 Å². The van der Waals surface area contributed by atoms with E-state index in [0.717, 1.165) is 5.56 Å². The van der Waals surface area contributed by atoms with Gasteiger partial charge in [-0.3, -0.25) is 4.79 Å². The number of thiophene rings is 1. The fraction of sp³-hybridized carbons (Fsp3) is 0.375. The first kappa shape index (κ1) is 12.2. The van der Waals surface area contributed by atoms with Gasteiger partial charge in [-0.25, -0.2) is 13.1 Å². The molecule has 0 saturated carbocycles. The summed E-state index contributed by atoms with van der Waals surface area (Å²) in [5.41, 5.74) is 0.828. The zero-order chi connectivity index (χ0) is 11.5. The molecule has 0 aliphatic carbocycles. The van der Waals surface area contributed by atoms with Gasteiger partial charge in [-0.1, -0.05) is 0 Å². The molecule has 0 aromatic carbocycles. The van der Waals surface area contributed by atoms with Crippen molar-refractivity contribution in [1.29, 1.82) is 0 Å². The predicted octanol–water partition coefficient (Wildman–Crippen LogP) is 0.813. The van der Waals surface area contributed by atoms with Gasteiger partial charge in [0.15, 0.2) is 5.75 Å². The van der Waals surface area contributed by atoms with E-state index < -0.39 is 27.8 Å². The molecule has 1 aromatic heterocycles. The van der Waals surface area contributed by atoms with Gasteiger partial charge in [0.25, 0.3) is 0 Å². The Hall–Kier alpha value is -0.920. The first-order chi connectivity index (χ1) is 6.91. The van der Waals surface area contributed by atoms with Gasteiger partial charge >= 0.3 is 5.97 Å². The van der Waals surface area contributed by atoms with Crippen molar-refractivity contribution in [2.75, 3.05) is 5.75 Å². The van der Waals surface area contributed by atoms with Crippen LogP contribution in [0.3, 0.4) is 0 Å². The number of rotatable bonds is 5. The third-order valence-electron chi connectivity index (χ3n) is 1.71. The van der Waals surface area contributed by atoms with Crippen LogP contribution in [-0.2, 0) is 14.8 Å². The van der Waals surface area contributed by atoms with E-state index >= 15 is 0 Å². The molecule has 0 fully saturated rings. The number of carboxylic acid groups (broad SMARTS) is 1. The molecule has 84 valence electrons. The number of carboxylic acids is 1. The normalized spacial score (nSPS) is 13.7. The van der Waals surface area contributed by atoms with Crippen LogP contribution >= 0.6 is 11.3 Å². The van der Waals surface area contributed by atoms with Crippen molar-refractivity contribution >= 4 is 27.3 Å². The Morgan fingerprint density at radius 1 is 1.67 bits per heavy atom. The molecule has 1 unspecified atom stereocenters. The number of nitrogens with one attached hydrogen (secondary N) is 1. The maximum absolute atomic E-state index is 11.3. The van der Waals surface area contributed by atoms with Gasteiger partial charge in [0.05, 0.1) is 0 Å². The smallest absolute Gasteiger partial charge is 0.320 e. The van der Waals surface area contributed by atoms with Crippen molar-refractivity contribution in [1.82, 2.24) is 4.72 Å². The van der Waals surface area contributed by atoms with Crippen LogP contribution in [0, 0.1) is 0 Å². The number of hydrogen-bond acceptors (Lipinski definition) is 4. The summed E-state index contributed by atoms with van der Waals surface area (Å²) in [6.45, 7) is 1.67. The Morgan fingerprint density at radius 2 is 2.33 bits per heavy atom. The van der Waals surface area contributed by atoms with Gasteiger partial charge in [0, 0.05) is 6.04 Å². The van der Waals surface area contributed by atoms with Gasteiger partial charge in [-0.05, 0) is 29.3 Å². The maximum atomic E-state index is 11.3. The number of carbonyl (C=O) groups is 1. The van der Waals surface area contributed by atoms with E-state index in [1.807, 2.05) is 10.8 Å². The molecule has 0 saturated heterocycles. The Labute approximate surface area is 91.8 Å². The van der Waals surface area contributed by atoms with Crippen LogP contribution in [0.25, 0.3) is 0 Å². The molecule has 0 aliphatic heterocycles. The molecule has 1 rings (SSSR count). The SMILES string of the molecule is CC(NS(=O)(=O)CC(=O)O)c1ccsc1. The molecule has 7 heteroatoms. The van der Waals surface area contributed by atoms with Crippen molar-refractivity contribution in [2.45, 2.75) is 13.0 Å². The Bertz CT molecular complexity index is 424. The summed E-state index contributed by atoms with van der Waals surface area (Å²) in [6.07, 6.45) is 0. The molecule has 0 amide bonds. The molecular formula is C8H11NO4S2. The largest absolute Gasteiger partial charge is 0.480 e. The summed E-state index contributed by atoms with van der Waals surface area (Å²) in [4.78, 5) is 10.3. The van der Waals surface area contributed by atoms with Crippen molar-refractivity contribution in [2.24, 2.45) is 0 Å². The van der Waals surface area contributed by atoms with E-state index in [1.54, 1.807) is 13.0 Å². The van der Waals surface area contributed by atoms with Gasteiger partial charge in [0.2, 0.25) is 10.0 Å². The Morgan fingerprint density at radius 3 is 2.80 bits per heavy atom. The lowest BCUT2D eigenvalue weighted by Gasteiger charge is -2.11. The third-order valence-corrected chi connectivity index (χ3v) is 3.75. The summed E-state index contributed by atoms with van der Waals surface area (Å²) < 4.78 is 24.8. The van der Waals surface area contributed by atoms with Gasteiger partial charge in [0.1, 0.15) is 0 Å². The Kier molecular flexibility index (Phi) is 3.83. The molecule has 5 nitrogen and oxygen atoms in total. The maximum Gasteiger partial charge on any atom is 0.320 e. The molecule has 1 atom stereocenters. The van der Waals surface area contributed by atoms with Crippen molar-refractivity contribution in [3.05, 3.63) is 22.4 Å². The average Bonchev–Trinajstić information content (AvgIpc) is 2.50. The minimum atomic E-state index is -3.75. The molecule has 1 heterocycles. The lowest BCUT2D eigenvalue weighted by molar-refractivity contribution is -0.134. The van der Waals surface area contributed by atoms with Crippen LogP contribution in [0.15, 0.2) is 16.8 Å². The second-order valence-corrected chi connectivity index (χ2v) is 5.58. The van der Waals surface area contributed by atoms with E-state index in [1.165, 1.54) is 11.3 Å². The van der Waals surface area contributed by atoms with E-state index in [0.29, 0.717) is 0 Å². The second kappa shape index (κ2) is 4.73. The molecule has 1 aromatic rings. The summed E-state index contributed by atoms with van der Waals surface area (Å²) in [7, 11) is -3.75. The fourth-order valence-electron chi connectivity index (χ4n) is 1.06. The number of aliphatic carboxylic acids is 1. The highest BCUT2D eigenvalue weighted by Gasteiger charge is 2.19. The average molecular weight is 249 g/mol. The van der Waals surface area contributed by atoms with Crippen LogP contribution in [0.1, 0.15) is 18.5 Å². The zero-order valence-electron chi connectivity index (χ0n) is 8.00. The van der Waals surface area contributed by atoms with E-state index in [4.69, 9.17) is 5.11 Å². The highest BCUT2D eigenvalue weighted by Crippen LogP contribution is 2.16. The zero-order valence-corrected chi connectivity index (χ0v) is 9.64. The Balaban J connectivity index is 2.66. The lowest BCUT2D eigenvalue weighted by Crippen LogP contribution is -2.31. The van der Waals surface area contributed by atoms with Gasteiger partial charge in [-0.15, -0.1) is 0 Å². The van der Waals surface area contributed by atoms with E-state index in [-0.39, 0.29) is 0 Å². The molecule has 0 aliphatic rings. The van der Waals surface area contributed by atoms with Crippen molar-refractivity contribution in [3.8, 4) is 0 Å².